The average molecular weight is 437 g/mol. The summed E-state index contributed by atoms with van der Waals surface area (Å²) >= 11 is 0. The van der Waals surface area contributed by atoms with E-state index in [1.165, 1.54) is 0 Å². The Morgan fingerprint density at radius 2 is 1.84 bits per heavy atom. The van der Waals surface area contributed by atoms with Gasteiger partial charge < -0.3 is 32.9 Å². The number of unbranched alkanes of at least 4 members (excludes halogenated alkanes) is 1. The van der Waals surface area contributed by atoms with Gasteiger partial charge in [0.15, 0.2) is 11.7 Å². The van der Waals surface area contributed by atoms with Crippen LogP contribution < -0.4 is 27.8 Å². The number of ketones is 1. The highest BCUT2D eigenvalue weighted by atomic mass is 16.4. The maximum absolute atomic E-state index is 12.8. The summed E-state index contributed by atoms with van der Waals surface area (Å²) in [4.78, 5) is 51.2. The lowest BCUT2D eigenvalue weighted by molar-refractivity contribution is -0.140. The Morgan fingerprint density at radius 1 is 1.10 bits per heavy atom. The molecule has 0 saturated heterocycles. The Labute approximate surface area is 181 Å². The van der Waals surface area contributed by atoms with E-state index in [1.54, 1.807) is 24.3 Å². The second-order valence-corrected chi connectivity index (χ2v) is 7.36. The standard InChI is InChI=1S/C20H32N6O5/c21-14(12-17(29)30)18(31)20(7-3-1-4-8-20)9-11-24-16(28)13-26-15(27)6-2-5-10-25-19(22)23/h1,3-4,7,14H,2,5-6,8-13,21H2,(H,24,28)(H,26,27)(H,29,30)(H4,22,23,25)/t14-,20?/m0/s1. The number of nitrogens with one attached hydrogen (secondary N) is 2. The fourth-order valence-electron chi connectivity index (χ4n) is 3.17. The van der Waals surface area contributed by atoms with Gasteiger partial charge in [-0.3, -0.25) is 24.2 Å². The Kier molecular flexibility index (Phi) is 11.0. The number of rotatable bonds is 14. The van der Waals surface area contributed by atoms with Crippen molar-refractivity contribution in [3.05, 3.63) is 24.3 Å². The topological polar surface area (TPSA) is 203 Å². The number of hydrogen-bond acceptors (Lipinski definition) is 6. The van der Waals surface area contributed by atoms with Gasteiger partial charge in [0, 0.05) is 19.5 Å². The van der Waals surface area contributed by atoms with Crippen molar-refractivity contribution in [1.29, 1.82) is 0 Å². The number of carboxylic acid groups (broad SMARTS) is 1. The van der Waals surface area contributed by atoms with Gasteiger partial charge in [0.25, 0.3) is 0 Å². The third kappa shape index (κ3) is 9.90. The van der Waals surface area contributed by atoms with Gasteiger partial charge in [0.05, 0.1) is 24.4 Å². The number of amides is 2. The van der Waals surface area contributed by atoms with E-state index in [9.17, 15) is 19.2 Å². The predicted octanol–water partition coefficient (Wildman–Crippen LogP) is -1.07. The third-order valence-corrected chi connectivity index (χ3v) is 4.81. The molecule has 0 aliphatic heterocycles. The molecule has 0 fully saturated rings. The minimum Gasteiger partial charge on any atom is -0.481 e. The van der Waals surface area contributed by atoms with Crippen LogP contribution in [-0.4, -0.2) is 60.3 Å². The molecule has 1 rings (SSSR count). The second kappa shape index (κ2) is 13.2. The second-order valence-electron chi connectivity index (χ2n) is 7.36. The number of guanidine groups is 1. The van der Waals surface area contributed by atoms with Gasteiger partial charge in [-0.15, -0.1) is 0 Å². The summed E-state index contributed by atoms with van der Waals surface area (Å²) in [5.74, 6) is -2.16. The lowest BCUT2D eigenvalue weighted by atomic mass is 9.72. The molecule has 0 saturated carbocycles. The Hall–Kier alpha value is -3.21. The van der Waals surface area contributed by atoms with Crippen LogP contribution in [0.2, 0.25) is 0 Å². The molecular formula is C20H32N6O5. The van der Waals surface area contributed by atoms with Crippen molar-refractivity contribution in [3.8, 4) is 0 Å². The van der Waals surface area contributed by atoms with Crippen molar-refractivity contribution in [2.24, 2.45) is 27.6 Å². The molecule has 31 heavy (non-hydrogen) atoms. The predicted molar refractivity (Wildman–Crippen MR) is 116 cm³/mol. The van der Waals surface area contributed by atoms with Gasteiger partial charge in [0.2, 0.25) is 11.8 Å². The van der Waals surface area contributed by atoms with Crippen molar-refractivity contribution in [2.45, 2.75) is 44.6 Å². The third-order valence-electron chi connectivity index (χ3n) is 4.81. The smallest absolute Gasteiger partial charge is 0.305 e. The van der Waals surface area contributed by atoms with E-state index < -0.39 is 23.8 Å². The molecule has 172 valence electrons. The normalized spacial score (nSPS) is 18.1. The fourth-order valence-corrected chi connectivity index (χ4v) is 3.17. The van der Waals surface area contributed by atoms with Crippen LogP contribution in [0.5, 0.6) is 0 Å². The highest BCUT2D eigenvalue weighted by molar-refractivity contribution is 5.94. The minimum absolute atomic E-state index is 0.00760. The van der Waals surface area contributed by atoms with E-state index in [0.29, 0.717) is 25.8 Å². The van der Waals surface area contributed by atoms with Crippen molar-refractivity contribution < 1.29 is 24.3 Å². The molecule has 0 aromatic carbocycles. The molecule has 2 atom stereocenters. The Morgan fingerprint density at radius 3 is 2.45 bits per heavy atom. The molecule has 9 N–H and O–H groups in total. The van der Waals surface area contributed by atoms with Crippen LogP contribution in [0.1, 0.15) is 38.5 Å². The van der Waals surface area contributed by atoms with Crippen molar-refractivity contribution >= 4 is 29.5 Å². The number of aliphatic imine (C=N–C) groups is 1. The van der Waals surface area contributed by atoms with E-state index in [2.05, 4.69) is 15.6 Å². The number of hydrogen-bond donors (Lipinski definition) is 6. The van der Waals surface area contributed by atoms with Crippen molar-refractivity contribution in [2.75, 3.05) is 19.6 Å². The highest BCUT2D eigenvalue weighted by Crippen LogP contribution is 2.34. The quantitative estimate of drug-likeness (QED) is 0.112. The first-order valence-corrected chi connectivity index (χ1v) is 10.1. The van der Waals surface area contributed by atoms with Gasteiger partial charge in [-0.25, -0.2) is 0 Å². The van der Waals surface area contributed by atoms with Crippen molar-refractivity contribution in [1.82, 2.24) is 10.6 Å². The van der Waals surface area contributed by atoms with Crippen LogP contribution in [-0.2, 0) is 19.2 Å². The SMILES string of the molecule is NC(N)=NCCCCC(=O)NCC(=O)NCCC1(C(=O)[C@@H](N)CC(=O)O)C=CC=CC1. The molecule has 0 radical (unpaired) electrons. The number of aliphatic carboxylic acids is 1. The summed E-state index contributed by atoms with van der Waals surface area (Å²) in [6.07, 6.45) is 8.70. The first-order valence-electron chi connectivity index (χ1n) is 10.1. The van der Waals surface area contributed by atoms with Crippen LogP contribution in [0.15, 0.2) is 29.3 Å². The van der Waals surface area contributed by atoms with Crippen LogP contribution in [0, 0.1) is 5.41 Å². The molecule has 1 aliphatic rings. The van der Waals surface area contributed by atoms with Gasteiger partial charge in [-0.05, 0) is 25.7 Å². The Balaban J connectivity index is 2.40. The molecule has 0 spiro atoms. The number of allylic oxidation sites excluding steroid dienone is 4. The number of carbonyl (C=O) groups excluding carboxylic acids is 3. The molecule has 0 heterocycles. The monoisotopic (exact) mass is 436 g/mol. The molecule has 0 bridgehead atoms. The lowest BCUT2D eigenvalue weighted by Gasteiger charge is -2.32. The zero-order chi connectivity index (χ0) is 23.3. The number of nitrogens with two attached hydrogens (primary N) is 3. The number of nitrogens with zero attached hydrogens (tertiary/aromatic N) is 1. The van der Waals surface area contributed by atoms with Crippen LogP contribution in [0.3, 0.4) is 0 Å². The molecule has 0 aromatic heterocycles. The lowest BCUT2D eigenvalue weighted by Crippen LogP contribution is -2.46. The van der Waals surface area contributed by atoms with E-state index in [0.717, 1.165) is 0 Å². The zero-order valence-corrected chi connectivity index (χ0v) is 17.5. The maximum Gasteiger partial charge on any atom is 0.305 e. The van der Waals surface area contributed by atoms with Crippen molar-refractivity contribution in [3.63, 3.8) is 0 Å². The van der Waals surface area contributed by atoms with Crippen LogP contribution >= 0.6 is 0 Å². The van der Waals surface area contributed by atoms with Gasteiger partial charge in [-0.2, -0.15) is 0 Å². The van der Waals surface area contributed by atoms with E-state index >= 15 is 0 Å². The summed E-state index contributed by atoms with van der Waals surface area (Å²) in [5.41, 5.74) is 15.2. The maximum atomic E-state index is 12.8. The summed E-state index contributed by atoms with van der Waals surface area (Å²) in [6, 6.07) is -1.13. The summed E-state index contributed by atoms with van der Waals surface area (Å²) < 4.78 is 0. The van der Waals surface area contributed by atoms with E-state index in [4.69, 9.17) is 22.3 Å². The van der Waals surface area contributed by atoms with E-state index in [-0.39, 0.29) is 49.5 Å². The van der Waals surface area contributed by atoms with Gasteiger partial charge in [-0.1, -0.05) is 24.3 Å². The molecule has 0 aromatic rings. The van der Waals surface area contributed by atoms with Crippen LogP contribution in [0.25, 0.3) is 0 Å². The number of carboxylic acids is 1. The van der Waals surface area contributed by atoms with Gasteiger partial charge >= 0.3 is 5.97 Å². The van der Waals surface area contributed by atoms with Gasteiger partial charge in [0.1, 0.15) is 0 Å². The molecule has 11 nitrogen and oxygen atoms in total. The highest BCUT2D eigenvalue weighted by Gasteiger charge is 2.38. The summed E-state index contributed by atoms with van der Waals surface area (Å²) in [6.45, 7) is 0.440. The first kappa shape index (κ1) is 25.8. The number of Topliss-reactive ketones (excluding diaryl/α,β-unsaturated/α-hetero) is 1. The average Bonchev–Trinajstić information content (AvgIpc) is 2.71. The summed E-state index contributed by atoms with van der Waals surface area (Å²) in [5, 5.41) is 14.1. The Bertz CT molecular complexity index is 744. The largest absolute Gasteiger partial charge is 0.481 e. The fraction of sp³-hybridized carbons (Fsp3) is 0.550. The number of carbonyl (C=O) groups is 4. The first-order chi connectivity index (χ1) is 14.7. The molecular weight excluding hydrogens is 404 g/mol. The molecule has 1 unspecified atom stereocenters. The van der Waals surface area contributed by atoms with E-state index in [1.807, 2.05) is 0 Å². The minimum atomic E-state index is -1.15. The molecule has 2 amide bonds. The molecule has 11 heteroatoms. The molecule has 1 aliphatic carbocycles. The summed E-state index contributed by atoms with van der Waals surface area (Å²) in [7, 11) is 0. The van der Waals surface area contributed by atoms with Crippen LogP contribution in [0.4, 0.5) is 0 Å². The zero-order valence-electron chi connectivity index (χ0n) is 17.5.